The molecule has 0 spiro atoms. The second-order valence-corrected chi connectivity index (χ2v) is 7.44. The number of nitrogens with one attached hydrogen (secondary N) is 2. The lowest BCUT2D eigenvalue weighted by atomic mass is 9.95. The van der Waals surface area contributed by atoms with Gasteiger partial charge in [-0.3, -0.25) is 4.79 Å². The van der Waals surface area contributed by atoms with Crippen LogP contribution in [0.5, 0.6) is 0 Å². The molecule has 0 heterocycles. The topological polar surface area (TPSA) is 67.4 Å². The zero-order chi connectivity index (χ0) is 22.9. The molecule has 5 heteroatoms. The van der Waals surface area contributed by atoms with Crippen LogP contribution < -0.4 is 10.6 Å². The summed E-state index contributed by atoms with van der Waals surface area (Å²) in [5.74, 6) is -0.193. The Morgan fingerprint density at radius 3 is 2.03 bits per heavy atom. The number of alkyl carbamates (subject to hydrolysis) is 1. The highest BCUT2D eigenvalue weighted by atomic mass is 16.5. The second-order valence-electron chi connectivity index (χ2n) is 7.44. The molecule has 4 aromatic carbocycles. The third kappa shape index (κ3) is 5.86. The molecule has 0 saturated heterocycles. The minimum absolute atomic E-state index is 0.193. The fraction of sp³-hybridized carbons (Fsp3) is 0.0714. The van der Waals surface area contributed by atoms with Gasteiger partial charge in [0.1, 0.15) is 6.61 Å². The van der Waals surface area contributed by atoms with E-state index in [1.54, 1.807) is 6.07 Å². The summed E-state index contributed by atoms with van der Waals surface area (Å²) in [5, 5.41) is 5.75. The molecule has 0 aliphatic rings. The van der Waals surface area contributed by atoms with Crippen LogP contribution in [-0.2, 0) is 17.9 Å². The molecule has 4 rings (SSSR count). The summed E-state index contributed by atoms with van der Waals surface area (Å²) < 4.78 is 5.31. The molecule has 0 saturated carbocycles. The number of benzene rings is 4. The first-order valence-corrected chi connectivity index (χ1v) is 10.7. The molecule has 4 aromatic rings. The maximum atomic E-state index is 13.0. The van der Waals surface area contributed by atoms with Crippen molar-refractivity contribution >= 4 is 17.7 Å². The Kier molecular flexibility index (Phi) is 7.13. The zero-order valence-corrected chi connectivity index (χ0v) is 18.0. The summed E-state index contributed by atoms with van der Waals surface area (Å²) in [4.78, 5) is 25.2. The van der Waals surface area contributed by atoms with Gasteiger partial charge in [0, 0.05) is 17.8 Å². The summed E-state index contributed by atoms with van der Waals surface area (Å²) in [5.41, 5.74) is 4.76. The summed E-state index contributed by atoms with van der Waals surface area (Å²) in [6.45, 7) is 0.481. The van der Waals surface area contributed by atoms with E-state index in [-0.39, 0.29) is 19.1 Å². The van der Waals surface area contributed by atoms with Gasteiger partial charge < -0.3 is 15.4 Å². The van der Waals surface area contributed by atoms with Crippen molar-refractivity contribution in [2.24, 2.45) is 0 Å². The van der Waals surface area contributed by atoms with Gasteiger partial charge in [0.2, 0.25) is 0 Å². The Morgan fingerprint density at radius 2 is 1.27 bits per heavy atom. The molecular weight excluding hydrogens is 412 g/mol. The van der Waals surface area contributed by atoms with Crippen molar-refractivity contribution in [2.75, 3.05) is 5.32 Å². The fourth-order valence-electron chi connectivity index (χ4n) is 3.51. The number of para-hydroxylation sites is 1. The molecule has 0 fully saturated rings. The fourth-order valence-corrected chi connectivity index (χ4v) is 3.51. The van der Waals surface area contributed by atoms with Crippen molar-refractivity contribution in [2.45, 2.75) is 13.2 Å². The monoisotopic (exact) mass is 436 g/mol. The Hall–Kier alpha value is -4.38. The highest BCUT2D eigenvalue weighted by molar-refractivity contribution is 6.08. The number of ether oxygens (including phenoxy) is 1. The van der Waals surface area contributed by atoms with Crippen LogP contribution in [0.2, 0.25) is 0 Å². The van der Waals surface area contributed by atoms with E-state index in [4.69, 9.17) is 4.74 Å². The van der Waals surface area contributed by atoms with Gasteiger partial charge in [-0.15, -0.1) is 0 Å². The van der Waals surface area contributed by atoms with Crippen molar-refractivity contribution in [3.63, 3.8) is 0 Å². The zero-order valence-electron chi connectivity index (χ0n) is 18.0. The van der Waals surface area contributed by atoms with Gasteiger partial charge in [0.25, 0.3) is 5.91 Å². The summed E-state index contributed by atoms with van der Waals surface area (Å²) in [7, 11) is 0. The lowest BCUT2D eigenvalue weighted by Gasteiger charge is -2.15. The van der Waals surface area contributed by atoms with Gasteiger partial charge in [-0.2, -0.15) is 0 Å². The predicted octanol–water partition coefficient (Wildman–Crippen LogP) is 6.03. The third-order valence-corrected chi connectivity index (χ3v) is 5.15. The van der Waals surface area contributed by atoms with Crippen LogP contribution in [0.4, 0.5) is 10.5 Å². The normalized spacial score (nSPS) is 10.3. The van der Waals surface area contributed by atoms with Crippen LogP contribution in [0.3, 0.4) is 0 Å². The standard InChI is InChI=1S/C28H24N2O3/c31-27(30-23-14-5-2-6-15-23)26-18-10-9-17-25(26)24-16-8-7-13-22(24)19-29-28(32)33-20-21-11-3-1-4-12-21/h1-18H,19-20H2,(H,29,32)(H,30,31). The lowest BCUT2D eigenvalue weighted by Crippen LogP contribution is -2.24. The third-order valence-electron chi connectivity index (χ3n) is 5.15. The Balaban J connectivity index is 1.48. The molecule has 5 nitrogen and oxygen atoms in total. The average Bonchev–Trinajstić information content (AvgIpc) is 2.87. The Bertz CT molecular complexity index is 1220. The molecule has 0 unspecified atom stereocenters. The summed E-state index contributed by atoms with van der Waals surface area (Å²) in [6, 6.07) is 34.0. The number of hydrogen-bond acceptors (Lipinski definition) is 3. The van der Waals surface area contributed by atoms with Gasteiger partial charge in [0.05, 0.1) is 0 Å². The van der Waals surface area contributed by atoms with E-state index in [1.807, 2.05) is 103 Å². The van der Waals surface area contributed by atoms with Gasteiger partial charge >= 0.3 is 6.09 Å². The van der Waals surface area contributed by atoms with Crippen molar-refractivity contribution < 1.29 is 14.3 Å². The molecule has 0 radical (unpaired) electrons. The molecule has 0 atom stereocenters. The minimum Gasteiger partial charge on any atom is -0.445 e. The van der Waals surface area contributed by atoms with E-state index in [1.165, 1.54) is 0 Å². The van der Waals surface area contributed by atoms with Crippen LogP contribution in [-0.4, -0.2) is 12.0 Å². The van der Waals surface area contributed by atoms with Crippen LogP contribution >= 0.6 is 0 Å². The molecule has 164 valence electrons. The number of carbonyl (C=O) groups excluding carboxylic acids is 2. The molecule has 2 amide bonds. The minimum atomic E-state index is -0.497. The van der Waals surface area contributed by atoms with Crippen LogP contribution in [0.25, 0.3) is 11.1 Å². The molecular formula is C28H24N2O3. The van der Waals surface area contributed by atoms with Crippen LogP contribution in [0, 0.1) is 0 Å². The van der Waals surface area contributed by atoms with E-state index < -0.39 is 6.09 Å². The van der Waals surface area contributed by atoms with E-state index in [2.05, 4.69) is 10.6 Å². The van der Waals surface area contributed by atoms with Gasteiger partial charge in [-0.05, 0) is 40.5 Å². The number of carbonyl (C=O) groups is 2. The first-order chi connectivity index (χ1) is 16.2. The number of amides is 2. The largest absolute Gasteiger partial charge is 0.445 e. The second kappa shape index (κ2) is 10.8. The molecule has 0 aromatic heterocycles. The van der Waals surface area contributed by atoms with Crippen molar-refractivity contribution in [1.29, 1.82) is 0 Å². The first-order valence-electron chi connectivity index (χ1n) is 10.7. The molecule has 0 aliphatic heterocycles. The van der Waals surface area contributed by atoms with Crippen LogP contribution in [0.15, 0.2) is 109 Å². The van der Waals surface area contributed by atoms with Gasteiger partial charge in [-0.25, -0.2) is 4.79 Å². The van der Waals surface area contributed by atoms with E-state index in [0.29, 0.717) is 5.56 Å². The van der Waals surface area contributed by atoms with E-state index in [9.17, 15) is 9.59 Å². The SMILES string of the molecule is O=C(NCc1ccccc1-c1ccccc1C(=O)Nc1ccccc1)OCc1ccccc1. The van der Waals surface area contributed by atoms with E-state index >= 15 is 0 Å². The van der Waals surface area contributed by atoms with Crippen molar-refractivity contribution in [1.82, 2.24) is 5.32 Å². The summed E-state index contributed by atoms with van der Waals surface area (Å²) >= 11 is 0. The first kappa shape index (κ1) is 21.8. The quantitative estimate of drug-likeness (QED) is 0.372. The molecule has 0 bridgehead atoms. The number of anilines is 1. The maximum Gasteiger partial charge on any atom is 0.407 e. The number of rotatable bonds is 7. The molecule has 0 aliphatic carbocycles. The van der Waals surface area contributed by atoms with Gasteiger partial charge in [-0.1, -0.05) is 91.0 Å². The molecule has 2 N–H and O–H groups in total. The Morgan fingerprint density at radius 1 is 0.667 bits per heavy atom. The van der Waals surface area contributed by atoms with Crippen molar-refractivity contribution in [3.8, 4) is 11.1 Å². The smallest absolute Gasteiger partial charge is 0.407 e. The Labute approximate surface area is 193 Å². The van der Waals surface area contributed by atoms with Gasteiger partial charge in [0.15, 0.2) is 0 Å². The maximum absolute atomic E-state index is 13.0. The van der Waals surface area contributed by atoms with E-state index in [0.717, 1.165) is 27.9 Å². The predicted molar refractivity (Wildman–Crippen MR) is 130 cm³/mol. The lowest BCUT2D eigenvalue weighted by molar-refractivity contribution is 0.102. The summed E-state index contributed by atoms with van der Waals surface area (Å²) in [6.07, 6.45) is -0.497. The highest BCUT2D eigenvalue weighted by Gasteiger charge is 2.15. The average molecular weight is 437 g/mol. The highest BCUT2D eigenvalue weighted by Crippen LogP contribution is 2.28. The number of hydrogen-bond donors (Lipinski definition) is 2. The van der Waals surface area contributed by atoms with Crippen molar-refractivity contribution in [3.05, 3.63) is 126 Å². The molecule has 33 heavy (non-hydrogen) atoms. The van der Waals surface area contributed by atoms with Crippen LogP contribution in [0.1, 0.15) is 21.5 Å².